The molecule has 0 atom stereocenters. The molecule has 2 amide bonds. The Kier molecular flexibility index (Phi) is 6.43. The summed E-state index contributed by atoms with van der Waals surface area (Å²) in [5.74, 6) is -0.219. The lowest BCUT2D eigenvalue weighted by Gasteiger charge is -2.10. The summed E-state index contributed by atoms with van der Waals surface area (Å²) in [6, 6.07) is 7.32. The van der Waals surface area contributed by atoms with Gasteiger partial charge >= 0.3 is 0 Å². The van der Waals surface area contributed by atoms with E-state index in [4.69, 9.17) is 0 Å². The van der Waals surface area contributed by atoms with Crippen LogP contribution in [0.15, 0.2) is 24.3 Å². The number of hydrogen-bond donors (Lipinski definition) is 3. The van der Waals surface area contributed by atoms with Crippen LogP contribution in [-0.2, 0) is 4.79 Å². The molecule has 0 aliphatic heterocycles. The van der Waals surface area contributed by atoms with Crippen LogP contribution >= 0.6 is 0 Å². The van der Waals surface area contributed by atoms with Crippen molar-refractivity contribution >= 4 is 17.5 Å². The smallest absolute Gasteiger partial charge is 0.253 e. The van der Waals surface area contributed by atoms with Crippen LogP contribution in [0.4, 0.5) is 5.69 Å². The van der Waals surface area contributed by atoms with Crippen LogP contribution in [0.3, 0.4) is 0 Å². The molecule has 0 saturated heterocycles. The molecule has 0 unspecified atom stereocenters. The minimum atomic E-state index is -0.166. The highest BCUT2D eigenvalue weighted by Crippen LogP contribution is 2.14. The number of hydrogen-bond acceptors (Lipinski definition) is 3. The molecule has 5 nitrogen and oxygen atoms in total. The van der Waals surface area contributed by atoms with Crippen LogP contribution in [0.2, 0.25) is 0 Å². The SMILES string of the molecule is CCNC(=O)CCNC(=O)c1ccccc1NCC. The third kappa shape index (κ3) is 4.99. The van der Waals surface area contributed by atoms with Gasteiger partial charge < -0.3 is 16.0 Å². The molecule has 0 spiro atoms. The lowest BCUT2D eigenvalue weighted by molar-refractivity contribution is -0.120. The number of carbonyl (C=O) groups excluding carboxylic acids is 2. The Morgan fingerprint density at radius 1 is 1.05 bits per heavy atom. The fourth-order valence-electron chi connectivity index (χ4n) is 1.70. The third-order valence-corrected chi connectivity index (χ3v) is 2.55. The fraction of sp³-hybridized carbons (Fsp3) is 0.429. The van der Waals surface area contributed by atoms with E-state index >= 15 is 0 Å². The Labute approximate surface area is 113 Å². The van der Waals surface area contributed by atoms with Gasteiger partial charge in [0.05, 0.1) is 5.56 Å². The maximum Gasteiger partial charge on any atom is 0.253 e. The van der Waals surface area contributed by atoms with Crippen molar-refractivity contribution in [3.8, 4) is 0 Å². The van der Waals surface area contributed by atoms with Gasteiger partial charge in [0.1, 0.15) is 0 Å². The molecule has 1 aromatic rings. The highest BCUT2D eigenvalue weighted by molar-refractivity contribution is 5.99. The molecule has 0 fully saturated rings. The zero-order valence-corrected chi connectivity index (χ0v) is 11.5. The summed E-state index contributed by atoms with van der Waals surface area (Å²) in [6.07, 6.45) is 0.295. The van der Waals surface area contributed by atoms with Gasteiger partial charge in [-0.3, -0.25) is 9.59 Å². The van der Waals surface area contributed by atoms with Crippen molar-refractivity contribution in [3.05, 3.63) is 29.8 Å². The number of nitrogens with one attached hydrogen (secondary N) is 3. The summed E-state index contributed by atoms with van der Waals surface area (Å²) >= 11 is 0. The standard InChI is InChI=1S/C14H21N3O2/c1-3-15-12-8-6-5-7-11(12)14(19)17-10-9-13(18)16-4-2/h5-8,15H,3-4,9-10H2,1-2H3,(H,16,18)(H,17,19). The molecule has 0 bridgehead atoms. The second-order valence-corrected chi connectivity index (χ2v) is 4.04. The summed E-state index contributed by atoms with van der Waals surface area (Å²) < 4.78 is 0. The predicted molar refractivity (Wildman–Crippen MR) is 76.2 cm³/mol. The van der Waals surface area contributed by atoms with E-state index in [2.05, 4.69) is 16.0 Å². The summed E-state index contributed by atoms with van der Waals surface area (Å²) in [6.45, 7) is 5.54. The number of benzene rings is 1. The second kappa shape index (κ2) is 8.13. The Balaban J connectivity index is 2.51. The van der Waals surface area contributed by atoms with E-state index in [0.29, 0.717) is 25.1 Å². The fourth-order valence-corrected chi connectivity index (χ4v) is 1.70. The molecule has 0 saturated carbocycles. The van der Waals surface area contributed by atoms with Crippen molar-refractivity contribution in [2.75, 3.05) is 25.0 Å². The second-order valence-electron chi connectivity index (χ2n) is 4.04. The first kappa shape index (κ1) is 15.0. The number of carbonyl (C=O) groups is 2. The van der Waals surface area contributed by atoms with Crippen molar-refractivity contribution in [2.45, 2.75) is 20.3 Å². The van der Waals surface area contributed by atoms with E-state index in [0.717, 1.165) is 12.2 Å². The van der Waals surface area contributed by atoms with E-state index in [1.165, 1.54) is 0 Å². The first-order valence-electron chi connectivity index (χ1n) is 6.56. The number of rotatable bonds is 7. The first-order chi connectivity index (χ1) is 9.19. The van der Waals surface area contributed by atoms with Crippen LogP contribution in [-0.4, -0.2) is 31.4 Å². The molecule has 0 aromatic heterocycles. The van der Waals surface area contributed by atoms with Gasteiger partial charge in [0.25, 0.3) is 5.91 Å². The molecule has 0 aliphatic carbocycles. The van der Waals surface area contributed by atoms with Gasteiger partial charge in [-0.25, -0.2) is 0 Å². The lowest BCUT2D eigenvalue weighted by atomic mass is 10.1. The average molecular weight is 263 g/mol. The van der Waals surface area contributed by atoms with Crippen LogP contribution in [0.5, 0.6) is 0 Å². The van der Waals surface area contributed by atoms with Gasteiger partial charge in [0.2, 0.25) is 5.91 Å². The van der Waals surface area contributed by atoms with Crippen molar-refractivity contribution < 1.29 is 9.59 Å². The highest BCUT2D eigenvalue weighted by Gasteiger charge is 2.10. The van der Waals surface area contributed by atoms with Crippen LogP contribution < -0.4 is 16.0 Å². The normalized spacial score (nSPS) is 9.79. The van der Waals surface area contributed by atoms with Gasteiger partial charge in [-0.05, 0) is 26.0 Å². The summed E-state index contributed by atoms with van der Waals surface area (Å²) in [5, 5.41) is 8.57. The van der Waals surface area contributed by atoms with Gasteiger partial charge in [-0.15, -0.1) is 0 Å². The molecule has 0 radical (unpaired) electrons. The van der Waals surface area contributed by atoms with Crippen LogP contribution in [0, 0.1) is 0 Å². The summed E-state index contributed by atoms with van der Waals surface area (Å²) in [7, 11) is 0. The van der Waals surface area contributed by atoms with E-state index in [1.807, 2.05) is 32.0 Å². The highest BCUT2D eigenvalue weighted by atomic mass is 16.2. The predicted octanol–water partition coefficient (Wildman–Crippen LogP) is 1.37. The van der Waals surface area contributed by atoms with Crippen molar-refractivity contribution in [2.24, 2.45) is 0 Å². The van der Waals surface area contributed by atoms with Crippen molar-refractivity contribution in [1.82, 2.24) is 10.6 Å². The van der Waals surface area contributed by atoms with E-state index < -0.39 is 0 Å². The monoisotopic (exact) mass is 263 g/mol. The quantitative estimate of drug-likeness (QED) is 0.696. The van der Waals surface area contributed by atoms with Gasteiger partial charge in [-0.2, -0.15) is 0 Å². The molecule has 0 heterocycles. The molecule has 19 heavy (non-hydrogen) atoms. The van der Waals surface area contributed by atoms with Gasteiger partial charge in [0.15, 0.2) is 0 Å². The number of para-hydroxylation sites is 1. The molecule has 0 aliphatic rings. The van der Waals surface area contributed by atoms with E-state index in [-0.39, 0.29) is 11.8 Å². The molecule has 1 aromatic carbocycles. The molecular formula is C14H21N3O2. The molecular weight excluding hydrogens is 242 g/mol. The average Bonchev–Trinajstić information content (AvgIpc) is 2.40. The van der Waals surface area contributed by atoms with E-state index in [1.54, 1.807) is 6.07 Å². The number of amides is 2. The minimum Gasteiger partial charge on any atom is -0.385 e. The molecule has 3 N–H and O–H groups in total. The Hall–Kier alpha value is -2.04. The Bertz CT molecular complexity index is 432. The minimum absolute atomic E-state index is 0.0530. The maximum atomic E-state index is 12.0. The lowest BCUT2D eigenvalue weighted by Crippen LogP contribution is -2.30. The number of anilines is 1. The zero-order chi connectivity index (χ0) is 14.1. The van der Waals surface area contributed by atoms with Gasteiger partial charge in [-0.1, -0.05) is 12.1 Å². The zero-order valence-electron chi connectivity index (χ0n) is 11.5. The topological polar surface area (TPSA) is 70.2 Å². The van der Waals surface area contributed by atoms with Crippen molar-refractivity contribution in [1.29, 1.82) is 0 Å². The van der Waals surface area contributed by atoms with Crippen LogP contribution in [0.25, 0.3) is 0 Å². The summed E-state index contributed by atoms with van der Waals surface area (Å²) in [5.41, 5.74) is 1.40. The van der Waals surface area contributed by atoms with E-state index in [9.17, 15) is 9.59 Å². The largest absolute Gasteiger partial charge is 0.385 e. The molecule has 1 rings (SSSR count). The molecule has 5 heteroatoms. The molecule has 104 valence electrons. The van der Waals surface area contributed by atoms with Crippen molar-refractivity contribution in [3.63, 3.8) is 0 Å². The summed E-state index contributed by atoms with van der Waals surface area (Å²) in [4.78, 5) is 23.3. The Morgan fingerprint density at radius 2 is 1.79 bits per heavy atom. The maximum absolute atomic E-state index is 12.0. The third-order valence-electron chi connectivity index (χ3n) is 2.55. The van der Waals surface area contributed by atoms with Gasteiger partial charge in [0, 0.05) is 31.7 Å². The first-order valence-corrected chi connectivity index (χ1v) is 6.56. The Morgan fingerprint density at radius 3 is 2.47 bits per heavy atom. The van der Waals surface area contributed by atoms with Crippen LogP contribution in [0.1, 0.15) is 30.6 Å².